The lowest BCUT2D eigenvalue weighted by atomic mass is 9.95. The van der Waals surface area contributed by atoms with Crippen LogP contribution in [0.1, 0.15) is 25.7 Å². The van der Waals surface area contributed by atoms with Gasteiger partial charge in [0, 0.05) is 18.6 Å². The molecule has 0 radical (unpaired) electrons. The summed E-state index contributed by atoms with van der Waals surface area (Å²) in [4.78, 5) is 0. The van der Waals surface area contributed by atoms with Crippen molar-refractivity contribution in [2.45, 2.75) is 37.8 Å². The Morgan fingerprint density at radius 2 is 2.29 bits per heavy atom. The Morgan fingerprint density at radius 1 is 1.43 bits per heavy atom. The van der Waals surface area contributed by atoms with Gasteiger partial charge in [-0.2, -0.15) is 0 Å². The predicted molar refractivity (Wildman–Crippen MR) is 55.4 cm³/mol. The van der Waals surface area contributed by atoms with E-state index in [0.29, 0.717) is 18.1 Å². The Kier molecular flexibility index (Phi) is 3.79. The van der Waals surface area contributed by atoms with Crippen molar-refractivity contribution in [1.82, 2.24) is 5.32 Å². The molecule has 14 heavy (non-hydrogen) atoms. The molecule has 0 aromatic carbocycles. The molecule has 82 valence electrons. The van der Waals surface area contributed by atoms with Crippen LogP contribution in [0.4, 0.5) is 0 Å². The van der Waals surface area contributed by atoms with Crippen molar-refractivity contribution in [3.63, 3.8) is 0 Å². The van der Waals surface area contributed by atoms with Crippen LogP contribution in [0.5, 0.6) is 0 Å². The van der Waals surface area contributed by atoms with Crippen LogP contribution in [0.15, 0.2) is 0 Å². The number of hydrogen-bond acceptors (Lipinski definition) is 3. The molecule has 0 spiro atoms. The van der Waals surface area contributed by atoms with Crippen molar-refractivity contribution in [3.05, 3.63) is 0 Å². The van der Waals surface area contributed by atoms with Crippen LogP contribution >= 0.6 is 0 Å². The minimum absolute atomic E-state index is 0.484. The van der Waals surface area contributed by atoms with Crippen LogP contribution in [0.25, 0.3) is 0 Å². The molecule has 1 saturated carbocycles. The maximum absolute atomic E-state index is 5.83. The minimum Gasteiger partial charge on any atom is -0.381 e. The van der Waals surface area contributed by atoms with E-state index in [0.717, 1.165) is 19.8 Å². The Morgan fingerprint density at radius 3 is 2.79 bits per heavy atom. The Bertz CT molecular complexity index is 165. The summed E-state index contributed by atoms with van der Waals surface area (Å²) in [7, 11) is 2.02. The van der Waals surface area contributed by atoms with E-state index in [2.05, 4.69) is 5.32 Å². The normalized spacial score (nSPS) is 30.2. The molecule has 2 unspecified atom stereocenters. The fourth-order valence-electron chi connectivity index (χ4n) is 2.10. The van der Waals surface area contributed by atoms with Crippen molar-refractivity contribution >= 4 is 0 Å². The third-order valence-corrected chi connectivity index (χ3v) is 3.47. The smallest absolute Gasteiger partial charge is 0.0626 e. The predicted octanol–water partition coefficient (Wildman–Crippen LogP) is 1.18. The Balaban J connectivity index is 1.68. The largest absolute Gasteiger partial charge is 0.381 e. The standard InChI is InChI=1S/C11H21NO2/c1-12-11(9-5-6-13-7-9)8-14-10-3-2-4-10/h9-12H,2-8H2,1H3. The van der Waals surface area contributed by atoms with Crippen molar-refractivity contribution in [2.24, 2.45) is 5.92 Å². The highest BCUT2D eigenvalue weighted by atomic mass is 16.5. The lowest BCUT2D eigenvalue weighted by Crippen LogP contribution is -2.40. The van der Waals surface area contributed by atoms with Gasteiger partial charge in [0.25, 0.3) is 0 Å². The molecular formula is C11H21NO2. The van der Waals surface area contributed by atoms with Crippen LogP contribution in [0.3, 0.4) is 0 Å². The van der Waals surface area contributed by atoms with E-state index < -0.39 is 0 Å². The summed E-state index contributed by atoms with van der Waals surface area (Å²) in [5.74, 6) is 0.653. The van der Waals surface area contributed by atoms with Crippen LogP contribution in [0.2, 0.25) is 0 Å². The summed E-state index contributed by atoms with van der Waals surface area (Å²) in [6, 6.07) is 0.484. The van der Waals surface area contributed by atoms with Gasteiger partial charge in [0.05, 0.1) is 19.3 Å². The first-order valence-electron chi connectivity index (χ1n) is 5.76. The van der Waals surface area contributed by atoms with E-state index in [-0.39, 0.29) is 0 Å². The average molecular weight is 199 g/mol. The number of ether oxygens (including phenoxy) is 2. The zero-order chi connectivity index (χ0) is 9.80. The first-order valence-corrected chi connectivity index (χ1v) is 5.76. The van der Waals surface area contributed by atoms with Crippen LogP contribution < -0.4 is 5.32 Å². The molecule has 1 aliphatic carbocycles. The third-order valence-electron chi connectivity index (χ3n) is 3.47. The molecule has 3 heteroatoms. The average Bonchev–Trinajstić information content (AvgIpc) is 2.62. The molecule has 1 N–H and O–H groups in total. The summed E-state index contributed by atoms with van der Waals surface area (Å²) in [5.41, 5.74) is 0. The summed E-state index contributed by atoms with van der Waals surface area (Å²) >= 11 is 0. The van der Waals surface area contributed by atoms with Gasteiger partial charge >= 0.3 is 0 Å². The molecule has 1 aliphatic heterocycles. The molecule has 1 heterocycles. The van der Waals surface area contributed by atoms with Gasteiger partial charge in [-0.3, -0.25) is 0 Å². The summed E-state index contributed by atoms with van der Waals surface area (Å²) < 4.78 is 11.2. The van der Waals surface area contributed by atoms with Crippen molar-refractivity contribution in [2.75, 3.05) is 26.9 Å². The van der Waals surface area contributed by atoms with Crippen LogP contribution in [-0.4, -0.2) is 39.0 Å². The number of hydrogen-bond donors (Lipinski definition) is 1. The molecule has 2 atom stereocenters. The molecule has 2 aliphatic rings. The summed E-state index contributed by atoms with van der Waals surface area (Å²) in [6.07, 6.45) is 5.60. The van der Waals surface area contributed by atoms with E-state index in [1.807, 2.05) is 7.05 Å². The minimum atomic E-state index is 0.484. The van der Waals surface area contributed by atoms with Gasteiger partial charge in [0.1, 0.15) is 0 Å². The molecule has 0 amide bonds. The molecule has 3 nitrogen and oxygen atoms in total. The highest BCUT2D eigenvalue weighted by molar-refractivity contribution is 4.79. The van der Waals surface area contributed by atoms with Gasteiger partial charge in [-0.1, -0.05) is 0 Å². The van der Waals surface area contributed by atoms with Gasteiger partial charge in [-0.15, -0.1) is 0 Å². The highest BCUT2D eigenvalue weighted by Gasteiger charge is 2.26. The molecule has 0 aromatic rings. The van der Waals surface area contributed by atoms with Crippen LogP contribution in [0, 0.1) is 5.92 Å². The maximum atomic E-state index is 5.83. The van der Waals surface area contributed by atoms with Gasteiger partial charge in [-0.05, 0) is 32.7 Å². The Hall–Kier alpha value is -0.120. The molecule has 1 saturated heterocycles. The number of likely N-dealkylation sites (N-methyl/N-ethyl adjacent to an activating group) is 1. The molecular weight excluding hydrogens is 178 g/mol. The van der Waals surface area contributed by atoms with E-state index in [1.54, 1.807) is 0 Å². The van der Waals surface area contributed by atoms with Crippen molar-refractivity contribution in [3.8, 4) is 0 Å². The third kappa shape index (κ3) is 2.47. The zero-order valence-electron chi connectivity index (χ0n) is 9.00. The molecule has 2 rings (SSSR count). The van der Waals surface area contributed by atoms with E-state index >= 15 is 0 Å². The first-order chi connectivity index (χ1) is 6.90. The van der Waals surface area contributed by atoms with Crippen molar-refractivity contribution < 1.29 is 9.47 Å². The summed E-state index contributed by atoms with van der Waals surface area (Å²) in [5, 5.41) is 3.34. The van der Waals surface area contributed by atoms with Gasteiger partial charge < -0.3 is 14.8 Å². The number of rotatable bonds is 5. The van der Waals surface area contributed by atoms with E-state index in [1.165, 1.54) is 25.7 Å². The van der Waals surface area contributed by atoms with E-state index in [4.69, 9.17) is 9.47 Å². The monoisotopic (exact) mass is 199 g/mol. The molecule has 0 bridgehead atoms. The Labute approximate surface area is 86.2 Å². The van der Waals surface area contributed by atoms with E-state index in [9.17, 15) is 0 Å². The second-order valence-electron chi connectivity index (χ2n) is 4.41. The van der Waals surface area contributed by atoms with Crippen LogP contribution in [-0.2, 0) is 9.47 Å². The lowest BCUT2D eigenvalue weighted by molar-refractivity contribution is -0.0155. The molecule has 2 fully saturated rings. The SMILES string of the molecule is CNC(COC1CCC1)C1CCOC1. The second kappa shape index (κ2) is 5.10. The van der Waals surface area contributed by atoms with Gasteiger partial charge in [0.2, 0.25) is 0 Å². The lowest BCUT2D eigenvalue weighted by Gasteiger charge is -2.29. The highest BCUT2D eigenvalue weighted by Crippen LogP contribution is 2.23. The zero-order valence-corrected chi connectivity index (χ0v) is 9.00. The molecule has 0 aromatic heterocycles. The maximum Gasteiger partial charge on any atom is 0.0626 e. The second-order valence-corrected chi connectivity index (χ2v) is 4.41. The first kappa shape index (κ1) is 10.4. The van der Waals surface area contributed by atoms with Gasteiger partial charge in [-0.25, -0.2) is 0 Å². The van der Waals surface area contributed by atoms with Crippen molar-refractivity contribution in [1.29, 1.82) is 0 Å². The quantitative estimate of drug-likeness (QED) is 0.721. The summed E-state index contributed by atoms with van der Waals surface area (Å²) in [6.45, 7) is 2.68. The fourth-order valence-corrected chi connectivity index (χ4v) is 2.10. The topological polar surface area (TPSA) is 30.5 Å². The fraction of sp³-hybridized carbons (Fsp3) is 1.00. The van der Waals surface area contributed by atoms with Gasteiger partial charge in [0.15, 0.2) is 0 Å². The number of nitrogens with one attached hydrogen (secondary N) is 1.